The summed E-state index contributed by atoms with van der Waals surface area (Å²) in [5.41, 5.74) is 2.16. The van der Waals surface area contributed by atoms with Crippen molar-refractivity contribution in [3.63, 3.8) is 0 Å². The highest BCUT2D eigenvalue weighted by atomic mass is 19.1. The van der Waals surface area contributed by atoms with Crippen molar-refractivity contribution in [1.29, 1.82) is 0 Å². The molecule has 0 unspecified atom stereocenters. The van der Waals surface area contributed by atoms with E-state index in [0.717, 1.165) is 23.7 Å². The van der Waals surface area contributed by atoms with Crippen molar-refractivity contribution >= 4 is 16.8 Å². The van der Waals surface area contributed by atoms with Crippen LogP contribution < -0.4 is 5.32 Å². The largest absolute Gasteiger partial charge is 0.396 e. The topological polar surface area (TPSA) is 67.2 Å². The maximum absolute atomic E-state index is 14.2. The average molecular weight is 381 g/mol. The number of aliphatic hydroxyl groups excluding tert-OH is 1. The molecule has 0 aliphatic heterocycles. The second kappa shape index (κ2) is 10.2. The third-order valence-corrected chi connectivity index (χ3v) is 4.23. The Labute approximate surface area is 164 Å². The summed E-state index contributed by atoms with van der Waals surface area (Å²) in [6.07, 6.45) is 10.6. The summed E-state index contributed by atoms with van der Waals surface area (Å²) in [6, 6.07) is 8.22. The summed E-state index contributed by atoms with van der Waals surface area (Å²) in [6.45, 7) is 2.61. The third kappa shape index (κ3) is 4.96. The molecule has 2 aromatic heterocycles. The Morgan fingerprint density at radius 1 is 1.36 bits per heavy atom. The van der Waals surface area contributed by atoms with Crippen LogP contribution in [0.1, 0.15) is 41.4 Å². The van der Waals surface area contributed by atoms with Gasteiger partial charge in [0, 0.05) is 36.4 Å². The van der Waals surface area contributed by atoms with E-state index in [0.29, 0.717) is 23.4 Å². The van der Waals surface area contributed by atoms with Crippen LogP contribution in [0, 0.1) is 18.2 Å². The molecule has 0 radical (unpaired) electrons. The van der Waals surface area contributed by atoms with Gasteiger partial charge in [-0.15, -0.1) is 6.42 Å². The zero-order valence-electron chi connectivity index (χ0n) is 16.1. The van der Waals surface area contributed by atoms with Gasteiger partial charge in [-0.05, 0) is 30.7 Å². The minimum absolute atomic E-state index is 0.217. The number of terminal acetylenes is 1. The Morgan fingerprint density at radius 2 is 2.14 bits per heavy atom. The van der Waals surface area contributed by atoms with Gasteiger partial charge in [-0.25, -0.2) is 4.39 Å². The number of fused-ring (bicyclic) bond motifs is 1. The van der Waals surface area contributed by atoms with Crippen molar-refractivity contribution in [2.24, 2.45) is 0 Å². The molecule has 5 nitrogen and oxygen atoms in total. The van der Waals surface area contributed by atoms with Crippen LogP contribution in [-0.4, -0.2) is 34.2 Å². The van der Waals surface area contributed by atoms with Crippen LogP contribution in [0.25, 0.3) is 10.9 Å². The number of aliphatic hydroxyl groups is 1. The van der Waals surface area contributed by atoms with Gasteiger partial charge in [0.05, 0.1) is 18.3 Å². The smallest absolute Gasteiger partial charge is 0.267 e. The minimum atomic E-state index is -0.394. The molecular weight excluding hydrogens is 357 g/mol. The summed E-state index contributed by atoms with van der Waals surface area (Å²) < 4.78 is 16.0. The van der Waals surface area contributed by atoms with E-state index in [1.165, 1.54) is 6.07 Å². The second-order valence-electron chi connectivity index (χ2n) is 6.16. The molecule has 2 heterocycles. The lowest BCUT2D eigenvalue weighted by atomic mass is 10.1. The van der Waals surface area contributed by atoms with E-state index in [9.17, 15) is 9.18 Å². The lowest BCUT2D eigenvalue weighted by Crippen LogP contribution is -2.22. The standard InChI is InChI=1S/C18H14FN3O.C4H10O/c1-3-12-4-5-14(15(19)8-12)11-22-16(18(23)20-2)9-13-6-7-21-10-17(13)22;1-2-3-4-5/h1,4-10H,11H2,2H3,(H,20,23);5H,2-4H2,1H3. The van der Waals surface area contributed by atoms with Crippen molar-refractivity contribution in [3.8, 4) is 12.3 Å². The van der Waals surface area contributed by atoms with Crippen LogP contribution in [0.3, 0.4) is 0 Å². The first-order valence-corrected chi connectivity index (χ1v) is 9.06. The van der Waals surface area contributed by atoms with Gasteiger partial charge in [0.2, 0.25) is 0 Å². The first kappa shape index (κ1) is 21.1. The average Bonchev–Trinajstić information content (AvgIpc) is 3.08. The fraction of sp³-hybridized carbons (Fsp3) is 0.273. The van der Waals surface area contributed by atoms with Gasteiger partial charge in [0.15, 0.2) is 0 Å². The molecule has 0 saturated heterocycles. The molecule has 1 aromatic carbocycles. The summed E-state index contributed by atoms with van der Waals surface area (Å²) in [5.74, 6) is 1.77. The number of unbranched alkanes of at least 4 members (excludes halogenated alkanes) is 1. The van der Waals surface area contributed by atoms with E-state index in [1.54, 1.807) is 42.2 Å². The first-order valence-electron chi connectivity index (χ1n) is 9.06. The lowest BCUT2D eigenvalue weighted by Gasteiger charge is -2.11. The van der Waals surface area contributed by atoms with Gasteiger partial charge in [-0.2, -0.15) is 0 Å². The number of rotatable bonds is 5. The monoisotopic (exact) mass is 381 g/mol. The predicted molar refractivity (Wildman–Crippen MR) is 109 cm³/mol. The SMILES string of the molecule is C#Cc1ccc(Cn2c(C(=O)NC)cc3ccncc32)c(F)c1.CCCCO. The van der Waals surface area contributed by atoms with Gasteiger partial charge in [0.25, 0.3) is 5.91 Å². The van der Waals surface area contributed by atoms with Gasteiger partial charge in [-0.1, -0.05) is 25.3 Å². The highest BCUT2D eigenvalue weighted by molar-refractivity contribution is 5.98. The van der Waals surface area contributed by atoms with Crippen molar-refractivity contribution in [2.45, 2.75) is 26.3 Å². The molecule has 0 aliphatic rings. The molecule has 146 valence electrons. The molecule has 2 N–H and O–H groups in total. The Balaban J connectivity index is 0.000000500. The van der Waals surface area contributed by atoms with Gasteiger partial charge in [-0.3, -0.25) is 9.78 Å². The molecule has 0 bridgehead atoms. The molecule has 1 amide bonds. The number of hydrogen-bond acceptors (Lipinski definition) is 3. The highest BCUT2D eigenvalue weighted by Crippen LogP contribution is 2.22. The van der Waals surface area contributed by atoms with Crippen LogP contribution in [-0.2, 0) is 6.54 Å². The zero-order chi connectivity index (χ0) is 20.5. The molecule has 0 atom stereocenters. The van der Waals surface area contributed by atoms with Crippen LogP contribution >= 0.6 is 0 Å². The quantitative estimate of drug-likeness (QED) is 0.666. The number of pyridine rings is 1. The van der Waals surface area contributed by atoms with E-state index < -0.39 is 5.82 Å². The number of halogens is 1. The summed E-state index contributed by atoms with van der Waals surface area (Å²) >= 11 is 0. The molecule has 28 heavy (non-hydrogen) atoms. The number of nitrogens with one attached hydrogen (secondary N) is 1. The normalized spacial score (nSPS) is 10.1. The zero-order valence-corrected chi connectivity index (χ0v) is 16.1. The second-order valence-corrected chi connectivity index (χ2v) is 6.16. The van der Waals surface area contributed by atoms with Crippen LogP contribution in [0.2, 0.25) is 0 Å². The maximum Gasteiger partial charge on any atom is 0.267 e. The lowest BCUT2D eigenvalue weighted by molar-refractivity contribution is 0.0954. The molecule has 6 heteroatoms. The Bertz CT molecular complexity index is 987. The number of hydrogen-bond donors (Lipinski definition) is 2. The van der Waals surface area contributed by atoms with Crippen molar-refractivity contribution in [1.82, 2.24) is 14.9 Å². The van der Waals surface area contributed by atoms with Gasteiger partial charge < -0.3 is 15.0 Å². The Morgan fingerprint density at radius 3 is 2.71 bits per heavy atom. The van der Waals surface area contributed by atoms with Crippen molar-refractivity contribution in [3.05, 3.63) is 65.4 Å². The summed E-state index contributed by atoms with van der Waals surface area (Å²) in [5, 5.41) is 11.5. The fourth-order valence-corrected chi connectivity index (χ4v) is 2.68. The Hall–Kier alpha value is -3.17. The van der Waals surface area contributed by atoms with Gasteiger partial charge in [0.1, 0.15) is 11.5 Å². The molecule has 0 spiro atoms. The molecule has 3 rings (SSSR count). The third-order valence-electron chi connectivity index (χ3n) is 4.23. The number of nitrogens with zero attached hydrogens (tertiary/aromatic N) is 2. The van der Waals surface area contributed by atoms with E-state index in [4.69, 9.17) is 11.5 Å². The van der Waals surface area contributed by atoms with E-state index in [1.807, 2.05) is 6.07 Å². The van der Waals surface area contributed by atoms with Crippen molar-refractivity contribution < 1.29 is 14.3 Å². The number of carbonyl (C=O) groups is 1. The first-order chi connectivity index (χ1) is 13.5. The minimum Gasteiger partial charge on any atom is -0.396 e. The number of benzene rings is 1. The van der Waals surface area contributed by atoms with Crippen LogP contribution in [0.15, 0.2) is 42.7 Å². The van der Waals surface area contributed by atoms with Crippen LogP contribution in [0.4, 0.5) is 4.39 Å². The van der Waals surface area contributed by atoms with E-state index >= 15 is 0 Å². The number of amides is 1. The predicted octanol–water partition coefficient (Wildman–Crippen LogP) is 3.34. The van der Waals surface area contributed by atoms with E-state index in [-0.39, 0.29) is 12.5 Å². The van der Waals surface area contributed by atoms with Crippen LogP contribution in [0.5, 0.6) is 0 Å². The highest BCUT2D eigenvalue weighted by Gasteiger charge is 2.16. The molecule has 0 aliphatic carbocycles. The fourth-order valence-electron chi connectivity index (χ4n) is 2.68. The molecule has 0 saturated carbocycles. The van der Waals surface area contributed by atoms with E-state index in [2.05, 4.69) is 23.1 Å². The molecule has 0 fully saturated rings. The summed E-state index contributed by atoms with van der Waals surface area (Å²) in [7, 11) is 1.56. The van der Waals surface area contributed by atoms with Gasteiger partial charge >= 0.3 is 0 Å². The number of aromatic nitrogens is 2. The van der Waals surface area contributed by atoms with Crippen molar-refractivity contribution in [2.75, 3.05) is 13.7 Å². The molecule has 3 aromatic rings. The summed E-state index contributed by atoms with van der Waals surface area (Å²) in [4.78, 5) is 16.2. The molecular formula is C22H24FN3O2. The maximum atomic E-state index is 14.2. The Kier molecular flexibility index (Phi) is 7.73. The number of carbonyl (C=O) groups excluding carboxylic acids is 1.